The summed E-state index contributed by atoms with van der Waals surface area (Å²) in [5, 5.41) is 44.8. The number of carbonyl (C=O) groups is 1. The van der Waals surface area contributed by atoms with Gasteiger partial charge in [-0.1, -0.05) is 0 Å². The van der Waals surface area contributed by atoms with E-state index in [9.17, 15) is 25.2 Å². The van der Waals surface area contributed by atoms with Gasteiger partial charge in [0, 0.05) is 18.9 Å². The SMILES string of the molecule is Nc1ncnc2c1ncn2[C@@H]1O[C@H](CNC(=O)C[C@H]2[C@@H](O)[C@H](n3cnc4c(N)ncnc43)O[C@@H]2CO)[C@@H](O)[C@H]1O. The molecule has 18 heteroatoms. The summed E-state index contributed by atoms with van der Waals surface area (Å²) in [6.07, 6.45) is -2.65. The monoisotopic (exact) mass is 557 g/mol. The largest absolute Gasteiger partial charge is 0.394 e. The van der Waals surface area contributed by atoms with Crippen LogP contribution in [-0.2, 0) is 14.3 Å². The molecule has 0 saturated carbocycles. The van der Waals surface area contributed by atoms with Crippen LogP contribution in [0.4, 0.5) is 11.6 Å². The summed E-state index contributed by atoms with van der Waals surface area (Å²) in [5.74, 6) is -0.952. The number of nitrogens with one attached hydrogen (secondary N) is 1. The molecule has 18 nitrogen and oxygen atoms in total. The van der Waals surface area contributed by atoms with E-state index in [1.165, 1.54) is 34.4 Å². The zero-order chi connectivity index (χ0) is 28.1. The maximum absolute atomic E-state index is 12.9. The number of nitrogens with zero attached hydrogens (tertiary/aromatic N) is 8. The van der Waals surface area contributed by atoms with Crippen LogP contribution in [0.5, 0.6) is 0 Å². The van der Waals surface area contributed by atoms with Gasteiger partial charge in [-0.05, 0) is 0 Å². The van der Waals surface area contributed by atoms with Crippen LogP contribution in [0.2, 0.25) is 0 Å². The Labute approximate surface area is 224 Å². The Bertz CT molecular complexity index is 1550. The van der Waals surface area contributed by atoms with Crippen LogP contribution >= 0.6 is 0 Å². The topological polar surface area (TPSA) is 268 Å². The number of fused-ring (bicyclic) bond motifs is 2. The summed E-state index contributed by atoms with van der Waals surface area (Å²) in [7, 11) is 0. The molecule has 2 aliphatic rings. The van der Waals surface area contributed by atoms with E-state index in [2.05, 4.69) is 35.2 Å². The molecule has 6 heterocycles. The molecule has 0 spiro atoms. The molecular formula is C22H27N11O7. The van der Waals surface area contributed by atoms with E-state index in [0.29, 0.717) is 22.3 Å². The van der Waals surface area contributed by atoms with Gasteiger partial charge >= 0.3 is 0 Å². The molecule has 40 heavy (non-hydrogen) atoms. The lowest BCUT2D eigenvalue weighted by Gasteiger charge is -2.20. The molecular weight excluding hydrogens is 530 g/mol. The summed E-state index contributed by atoms with van der Waals surface area (Å²) in [6.45, 7) is -0.586. The van der Waals surface area contributed by atoms with Crippen molar-refractivity contribution >= 4 is 39.9 Å². The Morgan fingerprint density at radius 1 is 0.825 bits per heavy atom. The van der Waals surface area contributed by atoms with E-state index in [1.807, 2.05) is 0 Å². The molecule has 4 aromatic rings. The number of anilines is 2. The number of nitrogen functional groups attached to an aromatic ring is 2. The van der Waals surface area contributed by atoms with Crippen LogP contribution in [0.3, 0.4) is 0 Å². The molecule has 0 aliphatic carbocycles. The van der Waals surface area contributed by atoms with Crippen molar-refractivity contribution in [2.45, 2.75) is 49.4 Å². The highest BCUT2D eigenvalue weighted by atomic mass is 16.6. The van der Waals surface area contributed by atoms with E-state index in [0.717, 1.165) is 0 Å². The van der Waals surface area contributed by atoms with Gasteiger partial charge in [0.2, 0.25) is 5.91 Å². The highest BCUT2D eigenvalue weighted by Gasteiger charge is 2.47. The summed E-state index contributed by atoms with van der Waals surface area (Å²) in [4.78, 5) is 37.2. The van der Waals surface area contributed by atoms with Gasteiger partial charge in [-0.3, -0.25) is 13.9 Å². The van der Waals surface area contributed by atoms with Crippen molar-refractivity contribution in [3.05, 3.63) is 25.3 Å². The normalized spacial score (nSPS) is 30.4. The third kappa shape index (κ3) is 4.26. The Morgan fingerprint density at radius 3 is 1.95 bits per heavy atom. The molecule has 0 radical (unpaired) electrons. The number of ether oxygens (including phenoxy) is 2. The molecule has 0 aromatic carbocycles. The quantitative estimate of drug-likeness (QED) is 0.118. The van der Waals surface area contributed by atoms with Crippen molar-refractivity contribution in [2.24, 2.45) is 5.92 Å². The number of imidazole rings is 2. The molecule has 4 aromatic heterocycles. The van der Waals surface area contributed by atoms with Crippen LogP contribution in [0, 0.1) is 5.92 Å². The van der Waals surface area contributed by atoms with Gasteiger partial charge in [-0.15, -0.1) is 0 Å². The van der Waals surface area contributed by atoms with Gasteiger partial charge in [0.25, 0.3) is 0 Å². The highest BCUT2D eigenvalue weighted by Crippen LogP contribution is 2.37. The first-order valence-corrected chi connectivity index (χ1v) is 12.4. The molecule has 2 aliphatic heterocycles. The molecule has 6 rings (SSSR count). The Balaban J connectivity index is 1.11. The molecule has 2 saturated heterocycles. The zero-order valence-corrected chi connectivity index (χ0v) is 20.8. The molecule has 1 amide bonds. The van der Waals surface area contributed by atoms with Crippen LogP contribution in [0.15, 0.2) is 25.3 Å². The average molecular weight is 558 g/mol. The number of aliphatic hydroxyl groups is 4. The Kier molecular flexibility index (Phi) is 6.64. The lowest BCUT2D eigenvalue weighted by atomic mass is 9.94. The van der Waals surface area contributed by atoms with Crippen molar-refractivity contribution in [3.63, 3.8) is 0 Å². The van der Waals surface area contributed by atoms with Crippen LogP contribution < -0.4 is 16.8 Å². The summed E-state index contributed by atoms with van der Waals surface area (Å²) in [6, 6.07) is 0. The Hall–Kier alpha value is -4.07. The molecule has 0 bridgehead atoms. The summed E-state index contributed by atoms with van der Waals surface area (Å²) >= 11 is 0. The highest BCUT2D eigenvalue weighted by molar-refractivity contribution is 5.82. The number of aliphatic hydroxyl groups excluding tert-OH is 4. The van der Waals surface area contributed by atoms with Crippen LogP contribution in [-0.4, -0.2) is 109 Å². The number of hydrogen-bond donors (Lipinski definition) is 7. The van der Waals surface area contributed by atoms with Crippen LogP contribution in [0.25, 0.3) is 22.3 Å². The second-order valence-electron chi connectivity index (χ2n) is 9.62. The molecule has 212 valence electrons. The first kappa shape index (κ1) is 26.2. The first-order valence-electron chi connectivity index (χ1n) is 12.4. The van der Waals surface area contributed by atoms with Crippen molar-refractivity contribution in [2.75, 3.05) is 24.6 Å². The van der Waals surface area contributed by atoms with Crippen molar-refractivity contribution in [3.8, 4) is 0 Å². The Morgan fingerprint density at radius 2 is 1.38 bits per heavy atom. The smallest absolute Gasteiger partial charge is 0.220 e. The minimum atomic E-state index is -1.34. The van der Waals surface area contributed by atoms with Crippen molar-refractivity contribution in [1.82, 2.24) is 44.4 Å². The predicted octanol–water partition coefficient (Wildman–Crippen LogP) is -3.18. The van der Waals surface area contributed by atoms with E-state index >= 15 is 0 Å². The molecule has 2 fully saturated rings. The van der Waals surface area contributed by atoms with Gasteiger partial charge < -0.3 is 46.7 Å². The number of carbonyl (C=O) groups excluding carboxylic acids is 1. The van der Waals surface area contributed by atoms with Gasteiger partial charge in [-0.25, -0.2) is 29.9 Å². The maximum atomic E-state index is 12.9. The molecule has 0 unspecified atom stereocenters. The number of aromatic nitrogens is 8. The second-order valence-corrected chi connectivity index (χ2v) is 9.62. The number of nitrogens with two attached hydrogens (primary N) is 2. The number of rotatable bonds is 7. The van der Waals surface area contributed by atoms with Gasteiger partial charge in [-0.2, -0.15) is 0 Å². The van der Waals surface area contributed by atoms with Gasteiger partial charge in [0.15, 0.2) is 35.4 Å². The fourth-order valence-electron chi connectivity index (χ4n) is 5.19. The minimum absolute atomic E-state index is 0.142. The minimum Gasteiger partial charge on any atom is -0.394 e. The predicted molar refractivity (Wildman–Crippen MR) is 134 cm³/mol. The fourth-order valence-corrected chi connectivity index (χ4v) is 5.19. The van der Waals surface area contributed by atoms with E-state index in [-0.39, 0.29) is 24.6 Å². The molecule has 8 atom stereocenters. The lowest BCUT2D eigenvalue weighted by molar-refractivity contribution is -0.124. The lowest BCUT2D eigenvalue weighted by Crippen LogP contribution is -2.41. The number of hydrogen-bond acceptors (Lipinski definition) is 15. The van der Waals surface area contributed by atoms with E-state index < -0.39 is 61.4 Å². The standard InChI is InChI=1S/C22H27N11O7/c23-17-12-19(28-4-26-17)32(6-30-12)21-14(36)8(10(3-34)40-21)1-11(35)25-2-9-15(37)16(38)22(39-9)33-7-31-13-18(24)27-5-29-20(13)33/h4-10,14-16,21-22,34,36-38H,1-3H2,(H,25,35)(H2,23,26,28)(H2,24,27,29)/t8-,9-,10-,14-,15-,16-,21-,22-/m1/s1. The van der Waals surface area contributed by atoms with Crippen molar-refractivity contribution in [1.29, 1.82) is 0 Å². The van der Waals surface area contributed by atoms with Crippen molar-refractivity contribution < 1.29 is 34.7 Å². The summed E-state index contributed by atoms with van der Waals surface area (Å²) in [5.41, 5.74) is 12.9. The summed E-state index contributed by atoms with van der Waals surface area (Å²) < 4.78 is 14.6. The third-order valence-corrected chi connectivity index (χ3v) is 7.28. The fraction of sp³-hybridized carbons (Fsp3) is 0.500. The average Bonchev–Trinajstić information content (AvgIpc) is 3.70. The van der Waals surface area contributed by atoms with Gasteiger partial charge in [0.1, 0.15) is 48.1 Å². The maximum Gasteiger partial charge on any atom is 0.220 e. The van der Waals surface area contributed by atoms with Crippen LogP contribution in [0.1, 0.15) is 18.9 Å². The first-order chi connectivity index (χ1) is 19.3. The molecule has 9 N–H and O–H groups in total. The van der Waals surface area contributed by atoms with Gasteiger partial charge in [0.05, 0.1) is 25.4 Å². The second kappa shape index (κ2) is 10.2. The zero-order valence-electron chi connectivity index (χ0n) is 20.8. The van der Waals surface area contributed by atoms with E-state index in [1.54, 1.807) is 0 Å². The number of amides is 1. The van der Waals surface area contributed by atoms with E-state index in [4.69, 9.17) is 20.9 Å². The third-order valence-electron chi connectivity index (χ3n) is 7.28.